The van der Waals surface area contributed by atoms with Gasteiger partial charge in [0.2, 0.25) is 0 Å². The number of carbonyl (C=O) groups is 2. The summed E-state index contributed by atoms with van der Waals surface area (Å²) in [5.41, 5.74) is 1.62. The van der Waals surface area contributed by atoms with Gasteiger partial charge in [0.1, 0.15) is 6.10 Å². The van der Waals surface area contributed by atoms with Crippen LogP contribution in [0.15, 0.2) is 11.6 Å². The van der Waals surface area contributed by atoms with Crippen molar-refractivity contribution in [2.75, 3.05) is 0 Å². The fourth-order valence-corrected chi connectivity index (χ4v) is 7.95. The molecule has 0 heterocycles. The third kappa shape index (κ3) is 5.17. The smallest absolute Gasteiger partial charge is 0.306 e. The number of unbranched alkanes of at least 4 members (excludes halogenated alkanes) is 7. The average molecular weight is 443 g/mol. The monoisotopic (exact) mass is 442 g/mol. The molecule has 0 saturated heterocycles. The van der Waals surface area contributed by atoms with Crippen LogP contribution in [0, 0.1) is 29.1 Å². The summed E-state index contributed by atoms with van der Waals surface area (Å²) in [5, 5.41) is 0. The van der Waals surface area contributed by atoms with Gasteiger partial charge in [0.25, 0.3) is 0 Å². The summed E-state index contributed by atoms with van der Waals surface area (Å²) in [5.74, 6) is 3.26. The number of carbonyl (C=O) groups excluding carboxylic acids is 2. The van der Waals surface area contributed by atoms with E-state index >= 15 is 0 Å². The minimum absolute atomic E-state index is 0.0460. The zero-order valence-corrected chi connectivity index (χ0v) is 20.7. The van der Waals surface area contributed by atoms with Crippen molar-refractivity contribution in [3.05, 3.63) is 11.6 Å². The molecule has 0 spiro atoms. The van der Waals surface area contributed by atoms with Gasteiger partial charge in [-0.3, -0.25) is 9.59 Å². The molecule has 0 N–H and O–H groups in total. The van der Waals surface area contributed by atoms with E-state index in [0.29, 0.717) is 24.0 Å². The van der Waals surface area contributed by atoms with Gasteiger partial charge >= 0.3 is 5.97 Å². The maximum Gasteiger partial charge on any atom is 0.306 e. The highest BCUT2D eigenvalue weighted by Crippen LogP contribution is 2.62. The van der Waals surface area contributed by atoms with Gasteiger partial charge in [-0.05, 0) is 81.1 Å². The predicted molar refractivity (Wildman–Crippen MR) is 129 cm³/mol. The summed E-state index contributed by atoms with van der Waals surface area (Å²) in [6, 6.07) is 0. The van der Waals surface area contributed by atoms with Crippen LogP contribution in [0.3, 0.4) is 0 Å². The molecule has 4 aliphatic rings. The lowest BCUT2D eigenvalue weighted by atomic mass is 9.52. The average Bonchev–Trinajstić information content (AvgIpc) is 3.11. The van der Waals surface area contributed by atoms with Crippen molar-refractivity contribution in [1.82, 2.24) is 0 Å². The van der Waals surface area contributed by atoms with Crippen LogP contribution >= 0.6 is 0 Å². The molecule has 4 rings (SSSR count). The molecule has 0 aliphatic heterocycles. The molecular weight excluding hydrogens is 396 g/mol. The normalized spacial score (nSPS) is 36.1. The van der Waals surface area contributed by atoms with E-state index in [0.717, 1.165) is 50.4 Å². The third-order valence-electron chi connectivity index (χ3n) is 9.72. The lowest BCUT2D eigenvalue weighted by molar-refractivity contribution is -0.159. The molecule has 3 nitrogen and oxygen atoms in total. The second-order valence-electron chi connectivity index (χ2n) is 11.6. The van der Waals surface area contributed by atoms with Crippen molar-refractivity contribution in [3.8, 4) is 0 Å². The second-order valence-corrected chi connectivity index (χ2v) is 11.6. The second kappa shape index (κ2) is 10.9. The lowest BCUT2D eigenvalue weighted by Gasteiger charge is -2.53. The van der Waals surface area contributed by atoms with Gasteiger partial charge < -0.3 is 4.74 Å². The fourth-order valence-electron chi connectivity index (χ4n) is 7.95. The third-order valence-corrected chi connectivity index (χ3v) is 9.72. The molecule has 0 radical (unpaired) electrons. The fraction of sp³-hybridized carbons (Fsp3) is 0.862. The van der Waals surface area contributed by atoms with Crippen molar-refractivity contribution in [1.29, 1.82) is 0 Å². The largest absolute Gasteiger partial charge is 0.462 e. The maximum absolute atomic E-state index is 12.6. The van der Waals surface area contributed by atoms with Crippen LogP contribution in [-0.2, 0) is 14.3 Å². The Balaban J connectivity index is 1.24. The van der Waals surface area contributed by atoms with E-state index in [2.05, 4.69) is 13.8 Å². The minimum Gasteiger partial charge on any atom is -0.462 e. The number of hydrogen-bond donors (Lipinski definition) is 0. The molecule has 180 valence electrons. The summed E-state index contributed by atoms with van der Waals surface area (Å²) in [6.45, 7) is 4.68. The van der Waals surface area contributed by atoms with Crippen LogP contribution in [0.1, 0.15) is 123 Å². The molecular formula is C29H46O3. The molecule has 3 fully saturated rings. The number of ether oxygens (including phenoxy) is 1. The van der Waals surface area contributed by atoms with Gasteiger partial charge in [0.15, 0.2) is 5.78 Å². The number of allylic oxidation sites excluding steroid dienone is 1. The minimum atomic E-state index is 0.0460. The first-order valence-corrected chi connectivity index (χ1v) is 14.0. The number of ketones is 1. The Labute approximate surface area is 196 Å². The summed E-state index contributed by atoms with van der Waals surface area (Å²) in [6.07, 6.45) is 21.7. The number of hydrogen-bond acceptors (Lipinski definition) is 3. The van der Waals surface area contributed by atoms with Crippen molar-refractivity contribution in [3.63, 3.8) is 0 Å². The highest BCUT2D eigenvalue weighted by Gasteiger charge is 2.57. The summed E-state index contributed by atoms with van der Waals surface area (Å²) in [4.78, 5) is 24.5. The Morgan fingerprint density at radius 1 is 0.938 bits per heavy atom. The van der Waals surface area contributed by atoms with Gasteiger partial charge in [-0.15, -0.1) is 0 Å². The molecule has 0 bridgehead atoms. The van der Waals surface area contributed by atoms with Crippen LogP contribution in [-0.4, -0.2) is 17.9 Å². The molecule has 4 aliphatic carbocycles. The maximum atomic E-state index is 12.6. The van der Waals surface area contributed by atoms with Crippen molar-refractivity contribution < 1.29 is 14.3 Å². The van der Waals surface area contributed by atoms with Gasteiger partial charge in [0, 0.05) is 18.3 Å². The van der Waals surface area contributed by atoms with Crippen molar-refractivity contribution in [2.24, 2.45) is 29.1 Å². The van der Waals surface area contributed by atoms with E-state index in [-0.39, 0.29) is 17.5 Å². The first-order valence-electron chi connectivity index (χ1n) is 14.0. The van der Waals surface area contributed by atoms with Gasteiger partial charge in [-0.2, -0.15) is 0 Å². The van der Waals surface area contributed by atoms with E-state index in [1.165, 1.54) is 69.8 Å². The SMILES string of the molecule is CCCCCCCCCCC(=O)OC1CCC2C3CCC4=CC(=O)CCC4C3CCC12C. The first kappa shape index (κ1) is 24.0. The Kier molecular flexibility index (Phi) is 8.16. The molecule has 0 aromatic rings. The summed E-state index contributed by atoms with van der Waals surface area (Å²) in [7, 11) is 0. The molecule has 32 heavy (non-hydrogen) atoms. The van der Waals surface area contributed by atoms with Gasteiger partial charge in [-0.25, -0.2) is 0 Å². The highest BCUT2D eigenvalue weighted by molar-refractivity contribution is 5.91. The van der Waals surface area contributed by atoms with Crippen LogP contribution < -0.4 is 0 Å². The zero-order valence-electron chi connectivity index (χ0n) is 20.7. The molecule has 0 amide bonds. The summed E-state index contributed by atoms with van der Waals surface area (Å²) >= 11 is 0. The quantitative estimate of drug-likeness (QED) is 0.259. The van der Waals surface area contributed by atoms with E-state index in [1.807, 2.05) is 6.08 Å². The molecule has 3 heteroatoms. The molecule has 6 atom stereocenters. The van der Waals surface area contributed by atoms with Gasteiger partial charge in [-0.1, -0.05) is 64.4 Å². The van der Waals surface area contributed by atoms with E-state index in [9.17, 15) is 9.59 Å². The van der Waals surface area contributed by atoms with Crippen molar-refractivity contribution in [2.45, 2.75) is 129 Å². The van der Waals surface area contributed by atoms with Crippen LogP contribution in [0.4, 0.5) is 0 Å². The van der Waals surface area contributed by atoms with E-state index in [1.54, 1.807) is 0 Å². The highest BCUT2D eigenvalue weighted by atomic mass is 16.5. The lowest BCUT2D eigenvalue weighted by Crippen LogP contribution is -2.48. The molecule has 0 aromatic heterocycles. The Hall–Kier alpha value is -1.12. The van der Waals surface area contributed by atoms with E-state index in [4.69, 9.17) is 4.74 Å². The topological polar surface area (TPSA) is 43.4 Å². The van der Waals surface area contributed by atoms with Crippen LogP contribution in [0.5, 0.6) is 0 Å². The number of esters is 1. The van der Waals surface area contributed by atoms with Crippen molar-refractivity contribution >= 4 is 11.8 Å². The Morgan fingerprint density at radius 3 is 2.47 bits per heavy atom. The molecule has 0 aromatic carbocycles. The number of rotatable bonds is 10. The Bertz CT molecular complexity index is 695. The van der Waals surface area contributed by atoms with Crippen LogP contribution in [0.25, 0.3) is 0 Å². The predicted octanol–water partition coefficient (Wildman–Crippen LogP) is 7.57. The standard InChI is InChI=1S/C29H46O3/c1-3-4-5-6-7-8-9-10-11-28(31)32-27-17-16-26-25-14-12-21-20-22(30)13-15-23(21)24(25)18-19-29(26,27)2/h20,23-27H,3-19H2,1-2H3. The zero-order chi connectivity index (χ0) is 22.6. The van der Waals surface area contributed by atoms with Crippen LogP contribution in [0.2, 0.25) is 0 Å². The van der Waals surface area contributed by atoms with Gasteiger partial charge in [0.05, 0.1) is 0 Å². The summed E-state index contributed by atoms with van der Waals surface area (Å²) < 4.78 is 6.15. The van der Waals surface area contributed by atoms with E-state index < -0.39 is 0 Å². The molecule has 3 saturated carbocycles. The first-order chi connectivity index (χ1) is 15.5. The number of fused-ring (bicyclic) bond motifs is 5. The molecule has 6 unspecified atom stereocenters. The Morgan fingerprint density at radius 2 is 1.69 bits per heavy atom.